The van der Waals surface area contributed by atoms with Crippen molar-refractivity contribution < 1.29 is 0 Å². The van der Waals surface area contributed by atoms with E-state index in [1.165, 1.54) is 132 Å². The molecule has 0 bridgehead atoms. The minimum Gasteiger partial charge on any atom is -0.309 e. The van der Waals surface area contributed by atoms with E-state index in [9.17, 15) is 0 Å². The molecule has 0 saturated heterocycles. The fourth-order valence-corrected chi connectivity index (χ4v) is 10.9. The summed E-state index contributed by atoms with van der Waals surface area (Å²) in [5.41, 5.74) is 17.3. The highest BCUT2D eigenvalue weighted by atomic mass is 15.0. The van der Waals surface area contributed by atoms with Crippen LogP contribution in [0.3, 0.4) is 0 Å². The van der Waals surface area contributed by atoms with E-state index in [0.717, 1.165) is 6.42 Å². The van der Waals surface area contributed by atoms with Crippen molar-refractivity contribution in [2.45, 2.75) is 13.3 Å². The number of hydrogen-bond acceptors (Lipinski definition) is 0. The molecule has 0 aliphatic carbocycles. The van der Waals surface area contributed by atoms with E-state index in [2.05, 4.69) is 242 Å². The van der Waals surface area contributed by atoms with Gasteiger partial charge in [0.25, 0.3) is 0 Å². The fourth-order valence-electron chi connectivity index (χ4n) is 10.9. The second-order valence-corrected chi connectivity index (χ2v) is 17.5. The van der Waals surface area contributed by atoms with Crippen molar-refractivity contribution in [3.8, 4) is 61.3 Å². The van der Waals surface area contributed by atoms with Crippen LogP contribution in [-0.4, -0.2) is 4.57 Å². The van der Waals surface area contributed by atoms with Gasteiger partial charge in [-0.25, -0.2) is 0 Å². The summed E-state index contributed by atoms with van der Waals surface area (Å²) in [6, 6.07) is 85.9. The third kappa shape index (κ3) is 5.93. The molecule has 65 heavy (non-hydrogen) atoms. The molecule has 0 atom stereocenters. The van der Waals surface area contributed by atoms with Crippen molar-refractivity contribution in [2.24, 2.45) is 0 Å². The number of rotatable bonds is 7. The van der Waals surface area contributed by atoms with Crippen molar-refractivity contribution in [2.75, 3.05) is 0 Å². The first-order chi connectivity index (χ1) is 32.2. The lowest BCUT2D eigenvalue weighted by molar-refractivity contribution is 1.12. The number of aryl methyl sites for hydroxylation is 1. The molecule has 1 heterocycles. The molecule has 0 saturated carbocycles. The SMILES string of the molecule is CCc1ccc(-n2c3cccc4ccc5cc(-c6ccc(-c7c8ccccc8c(-c8cc(-c9ccccc9)cc(-c9ccccc9)c8)c8ccccc78)c7ccccc67)cc2c5c43)cc1. The molecular formula is C64H43N. The summed E-state index contributed by atoms with van der Waals surface area (Å²) >= 11 is 0. The minimum absolute atomic E-state index is 1.02. The van der Waals surface area contributed by atoms with Crippen LogP contribution in [0.2, 0.25) is 0 Å². The third-order valence-corrected chi connectivity index (χ3v) is 13.9. The van der Waals surface area contributed by atoms with Crippen LogP contribution in [0.5, 0.6) is 0 Å². The average molecular weight is 826 g/mol. The van der Waals surface area contributed by atoms with Crippen LogP contribution in [0.1, 0.15) is 12.5 Å². The van der Waals surface area contributed by atoms with Crippen LogP contribution in [0.15, 0.2) is 231 Å². The van der Waals surface area contributed by atoms with Gasteiger partial charge in [-0.3, -0.25) is 0 Å². The second kappa shape index (κ2) is 14.9. The van der Waals surface area contributed by atoms with Crippen LogP contribution in [0.4, 0.5) is 0 Å². The van der Waals surface area contributed by atoms with Gasteiger partial charge in [-0.2, -0.15) is 0 Å². The van der Waals surface area contributed by atoms with Gasteiger partial charge in [-0.1, -0.05) is 189 Å². The Bertz CT molecular complexity index is 3830. The molecule has 0 aliphatic rings. The Morgan fingerprint density at radius 3 is 1.43 bits per heavy atom. The summed E-state index contributed by atoms with van der Waals surface area (Å²) in [5, 5.41) is 12.7. The molecule has 0 fully saturated rings. The van der Waals surface area contributed by atoms with E-state index in [0.29, 0.717) is 0 Å². The zero-order chi connectivity index (χ0) is 43.0. The highest BCUT2D eigenvalue weighted by Crippen LogP contribution is 2.48. The topological polar surface area (TPSA) is 4.93 Å². The molecule has 0 spiro atoms. The largest absolute Gasteiger partial charge is 0.309 e. The van der Waals surface area contributed by atoms with Crippen molar-refractivity contribution >= 4 is 64.9 Å². The average Bonchev–Trinajstić information content (AvgIpc) is 3.72. The van der Waals surface area contributed by atoms with Crippen molar-refractivity contribution in [1.82, 2.24) is 4.57 Å². The summed E-state index contributed by atoms with van der Waals surface area (Å²) in [6.07, 6.45) is 1.02. The molecule has 12 aromatic carbocycles. The summed E-state index contributed by atoms with van der Waals surface area (Å²) in [5.74, 6) is 0. The summed E-state index contributed by atoms with van der Waals surface area (Å²) in [4.78, 5) is 0. The third-order valence-electron chi connectivity index (χ3n) is 13.9. The number of hydrogen-bond donors (Lipinski definition) is 0. The number of fused-ring (bicyclic) bond motifs is 3. The Kier molecular flexibility index (Phi) is 8.57. The Morgan fingerprint density at radius 1 is 0.308 bits per heavy atom. The molecular weight excluding hydrogens is 783 g/mol. The molecule has 1 heteroatoms. The first kappa shape index (κ1) is 37.3. The molecule has 0 aliphatic heterocycles. The quantitative estimate of drug-likeness (QED) is 0.111. The first-order valence-corrected chi connectivity index (χ1v) is 22.8. The van der Waals surface area contributed by atoms with E-state index < -0.39 is 0 Å². The molecule has 1 aromatic heterocycles. The lowest BCUT2D eigenvalue weighted by atomic mass is 9.83. The first-order valence-electron chi connectivity index (χ1n) is 22.8. The molecule has 0 amide bonds. The zero-order valence-corrected chi connectivity index (χ0v) is 36.1. The Morgan fingerprint density at radius 2 is 0.815 bits per heavy atom. The van der Waals surface area contributed by atoms with Crippen LogP contribution in [0, 0.1) is 0 Å². The molecule has 0 unspecified atom stereocenters. The highest BCUT2D eigenvalue weighted by Gasteiger charge is 2.22. The van der Waals surface area contributed by atoms with Crippen molar-refractivity contribution in [3.05, 3.63) is 236 Å². The van der Waals surface area contributed by atoms with E-state index >= 15 is 0 Å². The van der Waals surface area contributed by atoms with Gasteiger partial charge in [0.05, 0.1) is 11.0 Å². The van der Waals surface area contributed by atoms with Gasteiger partial charge >= 0.3 is 0 Å². The van der Waals surface area contributed by atoms with Crippen LogP contribution in [-0.2, 0) is 6.42 Å². The van der Waals surface area contributed by atoms with Crippen LogP contribution >= 0.6 is 0 Å². The standard InChI is InChI=1S/C64H43N/c1-2-41-28-32-50(33-29-41)65-59-27-15-20-44-30-31-45-36-48(40-60(65)63(45)62(44)59)51-34-35-58(53-22-10-9-21-52(51)53)64-56-25-13-11-23-54(56)61(55-24-12-14-26-57(55)64)49-38-46(42-16-5-3-6-17-42)37-47(39-49)43-18-7-4-8-19-43/h3-40H,2H2,1H3. The normalized spacial score (nSPS) is 11.8. The van der Waals surface area contributed by atoms with Gasteiger partial charge in [-0.15, -0.1) is 0 Å². The predicted octanol–water partition coefficient (Wildman–Crippen LogP) is 17.7. The predicted molar refractivity (Wildman–Crippen MR) is 279 cm³/mol. The summed E-state index contributed by atoms with van der Waals surface area (Å²) < 4.78 is 2.47. The maximum atomic E-state index is 2.47. The Hall–Kier alpha value is -8.26. The zero-order valence-electron chi connectivity index (χ0n) is 36.1. The van der Waals surface area contributed by atoms with E-state index in [4.69, 9.17) is 0 Å². The summed E-state index contributed by atoms with van der Waals surface area (Å²) in [6.45, 7) is 2.22. The van der Waals surface area contributed by atoms with Gasteiger partial charge in [0.15, 0.2) is 0 Å². The van der Waals surface area contributed by atoms with Gasteiger partial charge < -0.3 is 4.57 Å². The Balaban J connectivity index is 1.04. The van der Waals surface area contributed by atoms with E-state index in [1.54, 1.807) is 0 Å². The maximum absolute atomic E-state index is 2.47. The monoisotopic (exact) mass is 825 g/mol. The van der Waals surface area contributed by atoms with E-state index in [-0.39, 0.29) is 0 Å². The lowest BCUT2D eigenvalue weighted by Gasteiger charge is -2.20. The molecule has 13 rings (SSSR count). The second-order valence-electron chi connectivity index (χ2n) is 17.5. The van der Waals surface area contributed by atoms with Gasteiger partial charge in [-0.05, 0) is 159 Å². The molecule has 304 valence electrons. The molecule has 0 N–H and O–H groups in total. The Labute approximate surface area is 378 Å². The van der Waals surface area contributed by atoms with Gasteiger partial charge in [0, 0.05) is 16.5 Å². The van der Waals surface area contributed by atoms with Crippen LogP contribution < -0.4 is 0 Å². The number of nitrogens with zero attached hydrogens (tertiary/aromatic N) is 1. The molecule has 0 radical (unpaired) electrons. The molecule has 1 nitrogen and oxygen atoms in total. The molecule has 13 aromatic rings. The smallest absolute Gasteiger partial charge is 0.0553 e. The minimum atomic E-state index is 1.02. The fraction of sp³-hybridized carbons (Fsp3) is 0.0312. The highest BCUT2D eigenvalue weighted by molar-refractivity contribution is 6.27. The van der Waals surface area contributed by atoms with Crippen LogP contribution in [0.25, 0.3) is 126 Å². The van der Waals surface area contributed by atoms with E-state index in [1.807, 2.05) is 0 Å². The summed E-state index contributed by atoms with van der Waals surface area (Å²) in [7, 11) is 0. The number of aromatic nitrogens is 1. The van der Waals surface area contributed by atoms with Gasteiger partial charge in [0.2, 0.25) is 0 Å². The van der Waals surface area contributed by atoms with Crippen molar-refractivity contribution in [3.63, 3.8) is 0 Å². The maximum Gasteiger partial charge on any atom is 0.0553 e. The van der Waals surface area contributed by atoms with Gasteiger partial charge in [0.1, 0.15) is 0 Å². The lowest BCUT2D eigenvalue weighted by Crippen LogP contribution is -1.95. The number of benzene rings is 12. The van der Waals surface area contributed by atoms with Crippen molar-refractivity contribution in [1.29, 1.82) is 0 Å².